The number of rotatable bonds is 3. The number of imidazole rings is 1. The molecule has 3 unspecified atom stereocenters. The Morgan fingerprint density at radius 3 is 2.76 bits per heavy atom. The topological polar surface area (TPSA) is 17.8 Å². The van der Waals surface area contributed by atoms with E-state index in [1.165, 1.54) is 19.3 Å². The summed E-state index contributed by atoms with van der Waals surface area (Å²) in [5, 5.41) is 0.798. The molecule has 0 bridgehead atoms. The van der Waals surface area contributed by atoms with E-state index in [9.17, 15) is 0 Å². The highest BCUT2D eigenvalue weighted by Crippen LogP contribution is 2.39. The van der Waals surface area contributed by atoms with Crippen molar-refractivity contribution < 1.29 is 0 Å². The van der Waals surface area contributed by atoms with Gasteiger partial charge >= 0.3 is 0 Å². The number of hydrogen-bond acceptors (Lipinski definition) is 1. The van der Waals surface area contributed by atoms with E-state index in [1.807, 2.05) is 18.2 Å². The van der Waals surface area contributed by atoms with Crippen molar-refractivity contribution in [1.82, 2.24) is 9.55 Å². The number of fused-ring (bicyclic) bond motifs is 1. The summed E-state index contributed by atoms with van der Waals surface area (Å²) in [5.74, 6) is 3.23. The standard InChI is InChI=1S/C17H22Cl2N2/c1-11-6-7-13(10-12(11)2)21-16(8-9-18)20-15-5-3-4-14(19)17(15)21/h3-5,11-13H,6-10H2,1-2H3. The third-order valence-corrected chi connectivity index (χ3v) is 5.48. The summed E-state index contributed by atoms with van der Waals surface area (Å²) in [6.07, 6.45) is 4.48. The molecular formula is C17H22Cl2N2. The molecule has 1 heterocycles. The van der Waals surface area contributed by atoms with Gasteiger partial charge in [-0.2, -0.15) is 0 Å². The number of halogens is 2. The summed E-state index contributed by atoms with van der Waals surface area (Å²) in [4.78, 5) is 4.78. The van der Waals surface area contributed by atoms with E-state index < -0.39 is 0 Å². The number of nitrogens with zero attached hydrogens (tertiary/aromatic N) is 2. The van der Waals surface area contributed by atoms with Crippen LogP contribution in [-0.2, 0) is 6.42 Å². The zero-order chi connectivity index (χ0) is 15.0. The number of para-hydroxylation sites is 1. The Labute approximate surface area is 136 Å². The largest absolute Gasteiger partial charge is 0.324 e. The van der Waals surface area contributed by atoms with Gasteiger partial charge in [0.25, 0.3) is 0 Å². The average Bonchev–Trinajstić information content (AvgIpc) is 2.82. The molecule has 0 saturated heterocycles. The Morgan fingerprint density at radius 2 is 2.05 bits per heavy atom. The zero-order valence-electron chi connectivity index (χ0n) is 12.6. The number of benzene rings is 1. The van der Waals surface area contributed by atoms with Gasteiger partial charge in [-0.25, -0.2) is 4.98 Å². The fraction of sp³-hybridized carbons (Fsp3) is 0.588. The Hall–Kier alpha value is -0.730. The Balaban J connectivity index is 2.08. The smallest absolute Gasteiger partial charge is 0.111 e. The number of hydrogen-bond donors (Lipinski definition) is 0. The zero-order valence-corrected chi connectivity index (χ0v) is 14.2. The first-order valence-corrected chi connectivity index (χ1v) is 8.74. The molecule has 3 atom stereocenters. The van der Waals surface area contributed by atoms with Crippen LogP contribution in [0.3, 0.4) is 0 Å². The molecule has 0 aliphatic heterocycles. The van der Waals surface area contributed by atoms with Crippen LogP contribution in [0.15, 0.2) is 18.2 Å². The van der Waals surface area contributed by atoms with E-state index in [-0.39, 0.29) is 0 Å². The van der Waals surface area contributed by atoms with Crippen molar-refractivity contribution in [3.8, 4) is 0 Å². The van der Waals surface area contributed by atoms with Crippen LogP contribution in [0, 0.1) is 11.8 Å². The predicted molar refractivity (Wildman–Crippen MR) is 90.4 cm³/mol. The SMILES string of the molecule is CC1CCC(n2c(CCCl)nc3cccc(Cl)c32)CC1C. The molecule has 1 aromatic heterocycles. The minimum absolute atomic E-state index is 0.499. The van der Waals surface area contributed by atoms with Gasteiger partial charge in [-0.1, -0.05) is 31.5 Å². The van der Waals surface area contributed by atoms with Crippen LogP contribution < -0.4 is 0 Å². The summed E-state index contributed by atoms with van der Waals surface area (Å²) in [5.41, 5.74) is 2.08. The number of aromatic nitrogens is 2. The van der Waals surface area contributed by atoms with Crippen molar-refractivity contribution in [1.29, 1.82) is 0 Å². The van der Waals surface area contributed by atoms with E-state index in [2.05, 4.69) is 18.4 Å². The van der Waals surface area contributed by atoms with Crippen molar-refractivity contribution in [2.24, 2.45) is 11.8 Å². The third-order valence-electron chi connectivity index (χ3n) is 4.99. The van der Waals surface area contributed by atoms with Gasteiger partial charge in [0.05, 0.1) is 16.1 Å². The summed E-state index contributed by atoms with van der Waals surface area (Å²) < 4.78 is 2.38. The predicted octanol–water partition coefficient (Wildman–Crippen LogP) is 5.47. The van der Waals surface area contributed by atoms with Crippen LogP contribution in [-0.4, -0.2) is 15.4 Å². The molecule has 3 rings (SSSR count). The Kier molecular flexibility index (Phi) is 4.46. The molecule has 1 aromatic carbocycles. The lowest BCUT2D eigenvalue weighted by atomic mass is 9.79. The molecule has 0 radical (unpaired) electrons. The third kappa shape index (κ3) is 2.80. The van der Waals surface area contributed by atoms with Gasteiger partial charge < -0.3 is 4.57 Å². The molecule has 1 aliphatic carbocycles. The highest BCUT2D eigenvalue weighted by molar-refractivity contribution is 6.35. The van der Waals surface area contributed by atoms with Crippen LogP contribution in [0.4, 0.5) is 0 Å². The van der Waals surface area contributed by atoms with E-state index in [0.717, 1.165) is 40.1 Å². The van der Waals surface area contributed by atoms with E-state index in [1.54, 1.807) is 0 Å². The number of alkyl halides is 1. The highest BCUT2D eigenvalue weighted by atomic mass is 35.5. The Bertz CT molecular complexity index is 635. The summed E-state index contributed by atoms with van der Waals surface area (Å²) in [6, 6.07) is 6.48. The van der Waals surface area contributed by atoms with Gasteiger partial charge in [-0.15, -0.1) is 11.6 Å². The van der Waals surface area contributed by atoms with Crippen LogP contribution in [0.1, 0.15) is 45.0 Å². The van der Waals surface area contributed by atoms with Crippen molar-refractivity contribution >= 4 is 34.2 Å². The maximum Gasteiger partial charge on any atom is 0.111 e. The van der Waals surface area contributed by atoms with Gasteiger partial charge in [-0.3, -0.25) is 0 Å². The summed E-state index contributed by atoms with van der Waals surface area (Å²) in [7, 11) is 0. The van der Waals surface area contributed by atoms with E-state index in [4.69, 9.17) is 28.2 Å². The van der Waals surface area contributed by atoms with Gasteiger partial charge in [0.2, 0.25) is 0 Å². The molecular weight excluding hydrogens is 303 g/mol. The monoisotopic (exact) mass is 324 g/mol. The number of aryl methyl sites for hydroxylation is 1. The van der Waals surface area contributed by atoms with Crippen molar-refractivity contribution in [3.05, 3.63) is 29.0 Å². The minimum atomic E-state index is 0.499. The van der Waals surface area contributed by atoms with Crippen molar-refractivity contribution in [2.45, 2.75) is 45.6 Å². The highest BCUT2D eigenvalue weighted by Gasteiger charge is 2.28. The molecule has 2 nitrogen and oxygen atoms in total. The second-order valence-corrected chi connectivity index (χ2v) is 7.15. The van der Waals surface area contributed by atoms with Crippen LogP contribution in [0.5, 0.6) is 0 Å². The lowest BCUT2D eigenvalue weighted by molar-refractivity contribution is 0.211. The van der Waals surface area contributed by atoms with E-state index in [0.29, 0.717) is 11.9 Å². The fourth-order valence-corrected chi connectivity index (χ4v) is 3.99. The van der Waals surface area contributed by atoms with Crippen molar-refractivity contribution in [2.75, 3.05) is 5.88 Å². The molecule has 114 valence electrons. The molecule has 0 amide bonds. The minimum Gasteiger partial charge on any atom is -0.324 e. The quantitative estimate of drug-likeness (QED) is 0.684. The Morgan fingerprint density at radius 1 is 1.24 bits per heavy atom. The first-order valence-electron chi connectivity index (χ1n) is 7.83. The molecule has 2 aromatic rings. The summed E-state index contributed by atoms with van der Waals surface area (Å²) in [6.45, 7) is 4.72. The molecule has 4 heteroatoms. The molecule has 1 aliphatic rings. The van der Waals surface area contributed by atoms with Crippen LogP contribution in [0.2, 0.25) is 5.02 Å². The second kappa shape index (κ2) is 6.18. The normalized spacial score (nSPS) is 26.4. The lowest BCUT2D eigenvalue weighted by Gasteiger charge is -2.34. The molecule has 21 heavy (non-hydrogen) atoms. The molecule has 0 spiro atoms. The second-order valence-electron chi connectivity index (χ2n) is 6.37. The van der Waals surface area contributed by atoms with Crippen molar-refractivity contribution in [3.63, 3.8) is 0 Å². The fourth-order valence-electron chi connectivity index (χ4n) is 3.56. The average molecular weight is 325 g/mol. The molecule has 0 N–H and O–H groups in total. The van der Waals surface area contributed by atoms with Gasteiger partial charge in [-0.05, 0) is 43.2 Å². The maximum absolute atomic E-state index is 6.47. The molecule has 1 saturated carbocycles. The molecule has 1 fully saturated rings. The van der Waals surface area contributed by atoms with Gasteiger partial charge in [0.1, 0.15) is 5.82 Å². The van der Waals surface area contributed by atoms with Gasteiger partial charge in [0, 0.05) is 18.3 Å². The summed E-state index contributed by atoms with van der Waals surface area (Å²) >= 11 is 12.4. The van der Waals surface area contributed by atoms with Crippen LogP contribution in [0.25, 0.3) is 11.0 Å². The lowest BCUT2D eigenvalue weighted by Crippen LogP contribution is -2.24. The maximum atomic E-state index is 6.47. The van der Waals surface area contributed by atoms with Gasteiger partial charge in [0.15, 0.2) is 0 Å². The van der Waals surface area contributed by atoms with Crippen LogP contribution >= 0.6 is 23.2 Å². The first-order chi connectivity index (χ1) is 10.1. The van der Waals surface area contributed by atoms with E-state index >= 15 is 0 Å². The first kappa shape index (κ1) is 15.2.